The highest BCUT2D eigenvalue weighted by Gasteiger charge is 2.26. The number of piperazine rings is 1. The molecule has 2 aliphatic rings. The Morgan fingerprint density at radius 3 is 2.34 bits per heavy atom. The molecule has 0 radical (unpaired) electrons. The summed E-state index contributed by atoms with van der Waals surface area (Å²) in [4.78, 5) is 30.3. The predicted molar refractivity (Wildman–Crippen MR) is 122 cm³/mol. The number of aromatic nitrogens is 2. The van der Waals surface area contributed by atoms with Crippen LogP contribution in [0.4, 0.5) is 10.5 Å². The zero-order chi connectivity index (χ0) is 22.1. The minimum atomic E-state index is -0.383. The van der Waals surface area contributed by atoms with Crippen molar-refractivity contribution in [3.8, 4) is 0 Å². The number of nitrogens with zero attached hydrogens (tertiary/aromatic N) is 5. The van der Waals surface area contributed by atoms with Gasteiger partial charge in [0.2, 0.25) is 5.91 Å². The molecule has 2 saturated heterocycles. The van der Waals surface area contributed by atoms with Crippen molar-refractivity contribution in [3.05, 3.63) is 65.5 Å². The van der Waals surface area contributed by atoms with Crippen molar-refractivity contribution in [1.82, 2.24) is 24.7 Å². The van der Waals surface area contributed by atoms with Crippen LogP contribution in [-0.4, -0.2) is 64.1 Å². The molecule has 0 spiro atoms. The fourth-order valence-corrected chi connectivity index (χ4v) is 4.54. The molecule has 8 nitrogen and oxygen atoms in total. The number of urea groups is 1. The van der Waals surface area contributed by atoms with Crippen LogP contribution in [0.1, 0.15) is 23.1 Å². The zero-order valence-corrected chi connectivity index (χ0v) is 18.3. The van der Waals surface area contributed by atoms with Crippen LogP contribution in [0.2, 0.25) is 0 Å². The molecule has 3 aromatic rings. The lowest BCUT2D eigenvalue weighted by Crippen LogP contribution is -2.49. The zero-order valence-electron chi connectivity index (χ0n) is 18.3. The number of hydrogen-bond donors (Lipinski definition) is 1. The molecule has 1 N–H and O–H groups in total. The van der Waals surface area contributed by atoms with Crippen molar-refractivity contribution in [2.45, 2.75) is 26.4 Å². The van der Waals surface area contributed by atoms with Gasteiger partial charge in [-0.2, -0.15) is 5.10 Å². The van der Waals surface area contributed by atoms with Crippen LogP contribution < -0.4 is 10.2 Å². The van der Waals surface area contributed by atoms with Crippen molar-refractivity contribution < 1.29 is 9.59 Å². The van der Waals surface area contributed by atoms with Crippen LogP contribution >= 0.6 is 0 Å². The highest BCUT2D eigenvalue weighted by atomic mass is 16.2. The van der Waals surface area contributed by atoms with Gasteiger partial charge in [0.15, 0.2) is 0 Å². The van der Waals surface area contributed by atoms with Crippen LogP contribution in [0.15, 0.2) is 48.8 Å². The number of anilines is 1. The summed E-state index contributed by atoms with van der Waals surface area (Å²) in [7, 11) is 0. The molecule has 8 heteroatoms. The van der Waals surface area contributed by atoms with E-state index in [1.807, 2.05) is 6.20 Å². The van der Waals surface area contributed by atoms with Crippen molar-refractivity contribution >= 4 is 23.1 Å². The van der Waals surface area contributed by atoms with Crippen molar-refractivity contribution in [2.75, 3.05) is 37.6 Å². The Morgan fingerprint density at radius 1 is 0.938 bits per heavy atom. The summed E-state index contributed by atoms with van der Waals surface area (Å²) in [6, 6.07) is 12.5. The number of carbonyl (C=O) groups is 2. The second kappa shape index (κ2) is 8.72. The highest BCUT2D eigenvalue weighted by Crippen LogP contribution is 2.25. The first-order chi connectivity index (χ1) is 15.5. The summed E-state index contributed by atoms with van der Waals surface area (Å²) >= 11 is 0. The minimum absolute atomic E-state index is 0.232. The van der Waals surface area contributed by atoms with Crippen LogP contribution in [0.5, 0.6) is 0 Å². The Balaban J connectivity index is 1.23. The summed E-state index contributed by atoms with van der Waals surface area (Å²) in [5, 5.41) is 6.77. The van der Waals surface area contributed by atoms with Gasteiger partial charge in [-0.05, 0) is 30.2 Å². The summed E-state index contributed by atoms with van der Waals surface area (Å²) < 4.78 is 1.78. The molecule has 0 bridgehead atoms. The molecule has 0 saturated carbocycles. The summed E-state index contributed by atoms with van der Waals surface area (Å²) in [6.45, 7) is 8.54. The van der Waals surface area contributed by atoms with Crippen molar-refractivity contribution in [1.29, 1.82) is 0 Å². The Morgan fingerprint density at radius 2 is 1.66 bits per heavy atom. The Bertz CT molecular complexity index is 1150. The number of pyridine rings is 1. The molecule has 32 heavy (non-hydrogen) atoms. The van der Waals surface area contributed by atoms with Gasteiger partial charge >= 0.3 is 6.03 Å². The highest BCUT2D eigenvalue weighted by molar-refractivity contribution is 6.07. The predicted octanol–water partition coefficient (Wildman–Crippen LogP) is 2.41. The standard InChI is InChI=1S/C24H28N6O2/c1-18-3-2-4-19(13-18)16-27-9-11-28(12-10-27)17-20-5-8-30-21(14-20)22(15-25-30)29-7-6-23(31)26-24(29)32/h2-5,8,13-15H,6-7,9-12,16-17H2,1H3,(H,26,31,32). The van der Waals surface area contributed by atoms with Gasteiger partial charge in [0.05, 0.1) is 17.4 Å². The van der Waals surface area contributed by atoms with Gasteiger partial charge in [0, 0.05) is 58.4 Å². The molecule has 166 valence electrons. The van der Waals surface area contributed by atoms with Gasteiger partial charge in [0.25, 0.3) is 0 Å². The quantitative estimate of drug-likeness (QED) is 0.670. The number of nitrogens with one attached hydrogen (secondary N) is 1. The summed E-state index contributed by atoms with van der Waals surface area (Å²) in [6.07, 6.45) is 3.93. The molecule has 3 amide bonds. The third-order valence-corrected chi connectivity index (χ3v) is 6.27. The number of amides is 3. The van der Waals surface area contributed by atoms with Crippen molar-refractivity contribution in [2.24, 2.45) is 0 Å². The first-order valence-corrected chi connectivity index (χ1v) is 11.1. The molecule has 0 unspecified atom stereocenters. The molecule has 2 aromatic heterocycles. The van der Waals surface area contributed by atoms with Gasteiger partial charge in [-0.15, -0.1) is 0 Å². The van der Waals surface area contributed by atoms with E-state index in [-0.39, 0.29) is 11.9 Å². The molecule has 0 aliphatic carbocycles. The number of carbonyl (C=O) groups excluding carboxylic acids is 2. The van der Waals surface area contributed by atoms with E-state index in [9.17, 15) is 9.59 Å². The Labute approximate surface area is 187 Å². The number of hydrogen-bond acceptors (Lipinski definition) is 5. The lowest BCUT2D eigenvalue weighted by atomic mass is 10.1. The third-order valence-electron chi connectivity index (χ3n) is 6.27. The molecular formula is C24H28N6O2. The van der Waals surface area contributed by atoms with Gasteiger partial charge < -0.3 is 0 Å². The average Bonchev–Trinajstić information content (AvgIpc) is 3.18. The number of imide groups is 1. The van der Waals surface area contributed by atoms with Gasteiger partial charge in [-0.1, -0.05) is 29.8 Å². The van der Waals surface area contributed by atoms with Gasteiger partial charge in [-0.3, -0.25) is 24.8 Å². The van der Waals surface area contributed by atoms with Gasteiger partial charge in [0.1, 0.15) is 0 Å². The van der Waals surface area contributed by atoms with Crippen LogP contribution in [0.25, 0.3) is 5.52 Å². The number of rotatable bonds is 5. The maximum absolute atomic E-state index is 12.3. The molecule has 1 aromatic carbocycles. The average molecular weight is 433 g/mol. The molecular weight excluding hydrogens is 404 g/mol. The first-order valence-electron chi connectivity index (χ1n) is 11.1. The van der Waals surface area contributed by atoms with E-state index in [1.165, 1.54) is 16.7 Å². The topological polar surface area (TPSA) is 73.2 Å². The number of benzene rings is 1. The van der Waals surface area contributed by atoms with E-state index >= 15 is 0 Å². The molecule has 2 fully saturated rings. The van der Waals surface area contributed by atoms with E-state index in [1.54, 1.807) is 15.6 Å². The van der Waals surface area contributed by atoms with E-state index in [4.69, 9.17) is 0 Å². The van der Waals surface area contributed by atoms with Crippen LogP contribution in [0.3, 0.4) is 0 Å². The van der Waals surface area contributed by atoms with Crippen LogP contribution in [-0.2, 0) is 17.9 Å². The monoisotopic (exact) mass is 432 g/mol. The van der Waals surface area contributed by atoms with E-state index in [0.717, 1.165) is 50.5 Å². The summed E-state index contributed by atoms with van der Waals surface area (Å²) in [5.41, 5.74) is 5.50. The fraction of sp³-hybridized carbons (Fsp3) is 0.375. The molecule has 4 heterocycles. The normalized spacial score (nSPS) is 18.3. The maximum atomic E-state index is 12.3. The fourth-order valence-electron chi connectivity index (χ4n) is 4.54. The third kappa shape index (κ3) is 4.37. The van der Waals surface area contributed by atoms with Crippen LogP contribution in [0, 0.1) is 6.92 Å². The van der Waals surface area contributed by atoms with Gasteiger partial charge in [-0.25, -0.2) is 9.31 Å². The second-order valence-electron chi connectivity index (χ2n) is 8.69. The molecule has 5 rings (SSSR count). The number of fused-ring (bicyclic) bond motifs is 1. The lowest BCUT2D eigenvalue weighted by molar-refractivity contribution is -0.120. The SMILES string of the molecule is Cc1cccc(CN2CCN(Cc3ccn4ncc(N5CCC(=O)NC5=O)c4c3)CC2)c1. The number of aryl methyl sites for hydroxylation is 1. The summed E-state index contributed by atoms with van der Waals surface area (Å²) in [5.74, 6) is -0.232. The Kier molecular flexibility index (Phi) is 5.63. The second-order valence-corrected chi connectivity index (χ2v) is 8.69. The maximum Gasteiger partial charge on any atom is 0.328 e. The largest absolute Gasteiger partial charge is 0.328 e. The minimum Gasteiger partial charge on any atom is -0.297 e. The van der Waals surface area contributed by atoms with E-state index < -0.39 is 0 Å². The lowest BCUT2D eigenvalue weighted by Gasteiger charge is -2.34. The van der Waals surface area contributed by atoms with Crippen molar-refractivity contribution in [3.63, 3.8) is 0 Å². The Hall–Kier alpha value is -3.23. The van der Waals surface area contributed by atoms with E-state index in [0.29, 0.717) is 13.0 Å². The molecule has 0 atom stereocenters. The smallest absolute Gasteiger partial charge is 0.297 e. The molecule has 2 aliphatic heterocycles. The van der Waals surface area contributed by atoms with E-state index in [2.05, 4.69) is 63.5 Å². The first kappa shape index (κ1) is 20.7.